The van der Waals surface area contributed by atoms with Gasteiger partial charge in [0.1, 0.15) is 11.5 Å². The maximum atomic E-state index is 12.3. The van der Waals surface area contributed by atoms with Gasteiger partial charge in [-0.05, 0) is 24.3 Å². The van der Waals surface area contributed by atoms with Gasteiger partial charge in [0.15, 0.2) is 0 Å². The van der Waals surface area contributed by atoms with Crippen molar-refractivity contribution in [3.8, 4) is 0 Å². The van der Waals surface area contributed by atoms with Crippen LogP contribution in [0.3, 0.4) is 0 Å². The minimum atomic E-state index is -0.0132. The Morgan fingerprint density at radius 2 is 1.95 bits per heavy atom. The van der Waals surface area contributed by atoms with E-state index in [0.717, 1.165) is 25.9 Å². The fraction of sp³-hybridized carbons (Fsp3) is 0.333. The Kier molecular flexibility index (Phi) is 3.41. The zero-order valence-corrected chi connectivity index (χ0v) is 11.2. The SMILES string of the molecule is Nc1cc(C(=O)N2CCC(c3ccccc3)CC2)[nH]n1. The summed E-state index contributed by atoms with van der Waals surface area (Å²) in [4.78, 5) is 14.1. The zero-order chi connectivity index (χ0) is 13.9. The molecule has 0 aliphatic carbocycles. The minimum Gasteiger partial charge on any atom is -0.382 e. The van der Waals surface area contributed by atoms with E-state index in [2.05, 4.69) is 34.5 Å². The number of carbonyl (C=O) groups excluding carboxylic acids is 1. The lowest BCUT2D eigenvalue weighted by Crippen LogP contribution is -2.38. The van der Waals surface area contributed by atoms with Gasteiger partial charge in [-0.15, -0.1) is 0 Å². The molecule has 1 saturated heterocycles. The number of H-pyrrole nitrogens is 1. The number of hydrogen-bond donors (Lipinski definition) is 2. The van der Waals surface area contributed by atoms with Crippen molar-refractivity contribution in [2.75, 3.05) is 18.8 Å². The van der Waals surface area contributed by atoms with E-state index in [9.17, 15) is 4.79 Å². The molecule has 1 aromatic heterocycles. The summed E-state index contributed by atoms with van der Waals surface area (Å²) in [6.45, 7) is 1.55. The van der Waals surface area contributed by atoms with Gasteiger partial charge in [0.2, 0.25) is 0 Å². The van der Waals surface area contributed by atoms with Crippen LogP contribution in [0.1, 0.15) is 34.8 Å². The summed E-state index contributed by atoms with van der Waals surface area (Å²) in [6, 6.07) is 12.1. The van der Waals surface area contributed by atoms with Crippen LogP contribution in [-0.4, -0.2) is 34.1 Å². The summed E-state index contributed by atoms with van der Waals surface area (Å²) in [5, 5.41) is 6.48. The number of nitrogen functional groups attached to an aromatic ring is 1. The van der Waals surface area contributed by atoms with E-state index in [0.29, 0.717) is 17.4 Å². The summed E-state index contributed by atoms with van der Waals surface area (Å²) < 4.78 is 0. The quantitative estimate of drug-likeness (QED) is 0.876. The Morgan fingerprint density at radius 1 is 1.25 bits per heavy atom. The second-order valence-corrected chi connectivity index (χ2v) is 5.18. The third-order valence-electron chi connectivity index (χ3n) is 3.88. The van der Waals surface area contributed by atoms with E-state index in [-0.39, 0.29) is 5.91 Å². The average molecular weight is 270 g/mol. The van der Waals surface area contributed by atoms with Crippen molar-refractivity contribution in [2.24, 2.45) is 0 Å². The van der Waals surface area contributed by atoms with Gasteiger partial charge in [-0.2, -0.15) is 5.10 Å². The average Bonchev–Trinajstić information content (AvgIpc) is 2.94. The molecular weight excluding hydrogens is 252 g/mol. The Balaban J connectivity index is 1.63. The molecule has 2 aromatic rings. The molecule has 20 heavy (non-hydrogen) atoms. The molecule has 3 rings (SSSR count). The summed E-state index contributed by atoms with van der Waals surface area (Å²) >= 11 is 0. The molecule has 1 aliphatic heterocycles. The molecule has 3 N–H and O–H groups in total. The summed E-state index contributed by atoms with van der Waals surface area (Å²) in [6.07, 6.45) is 2.00. The van der Waals surface area contributed by atoms with E-state index in [1.54, 1.807) is 6.07 Å². The first-order valence-corrected chi connectivity index (χ1v) is 6.89. The van der Waals surface area contributed by atoms with Gasteiger partial charge in [0.25, 0.3) is 5.91 Å². The number of nitrogens with two attached hydrogens (primary N) is 1. The van der Waals surface area contributed by atoms with Crippen molar-refractivity contribution in [3.63, 3.8) is 0 Å². The van der Waals surface area contributed by atoms with Crippen LogP contribution in [0.25, 0.3) is 0 Å². The van der Waals surface area contributed by atoms with Gasteiger partial charge in [-0.1, -0.05) is 30.3 Å². The van der Waals surface area contributed by atoms with Crippen molar-refractivity contribution in [2.45, 2.75) is 18.8 Å². The van der Waals surface area contributed by atoms with E-state index in [1.165, 1.54) is 5.56 Å². The number of anilines is 1. The Hall–Kier alpha value is -2.30. The number of benzene rings is 1. The van der Waals surface area contributed by atoms with Crippen LogP contribution < -0.4 is 5.73 Å². The fourth-order valence-electron chi connectivity index (χ4n) is 2.76. The highest BCUT2D eigenvalue weighted by atomic mass is 16.2. The van der Waals surface area contributed by atoms with Crippen LogP contribution in [0.4, 0.5) is 5.82 Å². The Morgan fingerprint density at radius 3 is 2.55 bits per heavy atom. The number of amides is 1. The van der Waals surface area contributed by atoms with E-state index >= 15 is 0 Å². The first-order valence-electron chi connectivity index (χ1n) is 6.89. The minimum absolute atomic E-state index is 0.0132. The van der Waals surface area contributed by atoms with Crippen LogP contribution >= 0.6 is 0 Å². The highest BCUT2D eigenvalue weighted by molar-refractivity contribution is 5.93. The van der Waals surface area contributed by atoms with Crippen molar-refractivity contribution in [1.82, 2.24) is 15.1 Å². The third-order valence-corrected chi connectivity index (χ3v) is 3.88. The molecule has 1 fully saturated rings. The number of likely N-dealkylation sites (tertiary alicyclic amines) is 1. The zero-order valence-electron chi connectivity index (χ0n) is 11.2. The van der Waals surface area contributed by atoms with Crippen molar-refractivity contribution in [1.29, 1.82) is 0 Å². The van der Waals surface area contributed by atoms with E-state index < -0.39 is 0 Å². The van der Waals surface area contributed by atoms with Gasteiger partial charge in [0, 0.05) is 19.2 Å². The van der Waals surface area contributed by atoms with Gasteiger partial charge in [0.05, 0.1) is 0 Å². The van der Waals surface area contributed by atoms with Gasteiger partial charge < -0.3 is 10.6 Å². The molecule has 0 spiro atoms. The van der Waals surface area contributed by atoms with Crippen LogP contribution in [-0.2, 0) is 0 Å². The van der Waals surface area contributed by atoms with Gasteiger partial charge >= 0.3 is 0 Å². The summed E-state index contributed by atoms with van der Waals surface area (Å²) in [5.74, 6) is 0.889. The molecule has 1 aliphatic rings. The Labute approximate surface area is 117 Å². The Bertz CT molecular complexity index is 585. The number of aromatic amines is 1. The molecule has 1 amide bonds. The molecular formula is C15H18N4O. The predicted molar refractivity (Wildman–Crippen MR) is 77.3 cm³/mol. The largest absolute Gasteiger partial charge is 0.382 e. The number of rotatable bonds is 2. The lowest BCUT2D eigenvalue weighted by Gasteiger charge is -2.31. The predicted octanol–water partition coefficient (Wildman–Crippen LogP) is 2.01. The molecule has 1 aromatic carbocycles. The first kappa shape index (κ1) is 12.7. The van der Waals surface area contributed by atoms with Crippen LogP contribution in [0.2, 0.25) is 0 Å². The van der Waals surface area contributed by atoms with Crippen molar-refractivity contribution in [3.05, 3.63) is 47.7 Å². The van der Waals surface area contributed by atoms with Crippen LogP contribution in [0.15, 0.2) is 36.4 Å². The number of aromatic nitrogens is 2. The molecule has 0 atom stereocenters. The molecule has 104 valence electrons. The number of nitrogens with zero attached hydrogens (tertiary/aromatic N) is 2. The second kappa shape index (κ2) is 5.36. The highest BCUT2D eigenvalue weighted by Crippen LogP contribution is 2.28. The van der Waals surface area contributed by atoms with Crippen molar-refractivity contribution >= 4 is 11.7 Å². The van der Waals surface area contributed by atoms with Gasteiger partial charge in [-0.3, -0.25) is 9.89 Å². The standard InChI is InChI=1S/C15H18N4O/c16-14-10-13(17-18-14)15(20)19-8-6-12(7-9-19)11-4-2-1-3-5-11/h1-5,10,12H,6-9H2,(H3,16,17,18). The maximum Gasteiger partial charge on any atom is 0.271 e. The normalized spacial score (nSPS) is 16.3. The lowest BCUT2D eigenvalue weighted by molar-refractivity contribution is 0.0707. The molecule has 5 nitrogen and oxygen atoms in total. The summed E-state index contributed by atoms with van der Waals surface area (Å²) in [5.41, 5.74) is 7.37. The van der Waals surface area contributed by atoms with E-state index in [1.807, 2.05) is 11.0 Å². The van der Waals surface area contributed by atoms with Crippen LogP contribution in [0.5, 0.6) is 0 Å². The second-order valence-electron chi connectivity index (χ2n) is 5.18. The molecule has 0 radical (unpaired) electrons. The smallest absolute Gasteiger partial charge is 0.271 e. The molecule has 2 heterocycles. The van der Waals surface area contributed by atoms with Crippen molar-refractivity contribution < 1.29 is 4.79 Å². The number of carbonyl (C=O) groups is 1. The highest BCUT2D eigenvalue weighted by Gasteiger charge is 2.25. The number of hydrogen-bond acceptors (Lipinski definition) is 3. The number of piperidine rings is 1. The number of nitrogens with one attached hydrogen (secondary N) is 1. The van der Waals surface area contributed by atoms with Crippen LogP contribution in [0, 0.1) is 0 Å². The fourth-order valence-corrected chi connectivity index (χ4v) is 2.76. The monoisotopic (exact) mass is 270 g/mol. The summed E-state index contributed by atoms with van der Waals surface area (Å²) in [7, 11) is 0. The molecule has 0 unspecified atom stereocenters. The molecule has 5 heteroatoms. The maximum absolute atomic E-state index is 12.3. The molecule has 0 saturated carbocycles. The third kappa shape index (κ3) is 2.52. The molecule has 0 bridgehead atoms. The lowest BCUT2D eigenvalue weighted by atomic mass is 9.89. The van der Waals surface area contributed by atoms with Gasteiger partial charge in [-0.25, -0.2) is 0 Å². The first-order chi connectivity index (χ1) is 9.74. The van der Waals surface area contributed by atoms with E-state index in [4.69, 9.17) is 5.73 Å². The topological polar surface area (TPSA) is 75.0 Å².